The van der Waals surface area contributed by atoms with Crippen LogP contribution in [-0.4, -0.2) is 30.3 Å². The first-order valence-electron chi connectivity index (χ1n) is 8.56. The number of rotatable bonds is 6. The lowest BCUT2D eigenvalue weighted by molar-refractivity contribution is 0.181. The van der Waals surface area contributed by atoms with Gasteiger partial charge in [0.1, 0.15) is 5.82 Å². The third-order valence-electron chi connectivity index (χ3n) is 4.59. The molecule has 1 fully saturated rings. The minimum atomic E-state index is -0.0959. The summed E-state index contributed by atoms with van der Waals surface area (Å²) in [6.07, 6.45) is 4.46. The quantitative estimate of drug-likeness (QED) is 0.787. The molecule has 1 heterocycles. The molecule has 2 aromatic carbocycles. The number of thioether (sulfide) groups is 1. The lowest BCUT2D eigenvalue weighted by atomic mass is 10.0. The van der Waals surface area contributed by atoms with Crippen LogP contribution in [-0.2, 0) is 13.1 Å². The van der Waals surface area contributed by atoms with E-state index in [1.165, 1.54) is 16.9 Å². The molecule has 0 aliphatic carbocycles. The Morgan fingerprint density at radius 3 is 2.92 bits per heavy atom. The maximum atomic E-state index is 13.8. The number of benzene rings is 2. The number of nitrogens with zero attached hydrogens (tertiary/aromatic N) is 1. The van der Waals surface area contributed by atoms with Crippen LogP contribution >= 0.6 is 11.8 Å². The molecule has 24 heavy (non-hydrogen) atoms. The van der Waals surface area contributed by atoms with E-state index in [0.717, 1.165) is 31.6 Å². The molecule has 1 N–H and O–H groups in total. The largest absolute Gasteiger partial charge is 0.309 e. The monoisotopic (exact) mass is 344 g/mol. The minimum absolute atomic E-state index is 0.0959. The van der Waals surface area contributed by atoms with Crippen molar-refractivity contribution in [2.45, 2.75) is 36.9 Å². The van der Waals surface area contributed by atoms with Crippen molar-refractivity contribution in [2.24, 2.45) is 0 Å². The van der Waals surface area contributed by atoms with Gasteiger partial charge in [0, 0.05) is 36.1 Å². The number of nitrogens with one attached hydrogen (secondary N) is 1. The molecular weight excluding hydrogens is 319 g/mol. The summed E-state index contributed by atoms with van der Waals surface area (Å²) < 4.78 is 13.8. The molecule has 0 saturated carbocycles. The summed E-state index contributed by atoms with van der Waals surface area (Å²) >= 11 is 1.78. The first kappa shape index (κ1) is 17.5. The molecule has 1 atom stereocenters. The van der Waals surface area contributed by atoms with Gasteiger partial charge in [-0.25, -0.2) is 4.39 Å². The summed E-state index contributed by atoms with van der Waals surface area (Å²) in [4.78, 5) is 3.66. The maximum Gasteiger partial charge on any atom is 0.127 e. The Labute approximate surface area is 148 Å². The molecule has 0 radical (unpaired) electrons. The average molecular weight is 344 g/mol. The lowest BCUT2D eigenvalue weighted by Gasteiger charge is -2.33. The molecular formula is C20H25FN2S. The molecule has 0 bridgehead atoms. The fourth-order valence-corrected chi connectivity index (χ4v) is 3.76. The molecule has 0 aromatic heterocycles. The van der Waals surface area contributed by atoms with Crippen molar-refractivity contribution in [3.8, 4) is 0 Å². The second kappa shape index (κ2) is 8.65. The number of likely N-dealkylation sites (tertiary alicyclic amines) is 1. The zero-order chi connectivity index (χ0) is 16.8. The van der Waals surface area contributed by atoms with Gasteiger partial charge in [-0.15, -0.1) is 11.8 Å². The average Bonchev–Trinajstić information content (AvgIpc) is 2.62. The third-order valence-corrected chi connectivity index (χ3v) is 5.31. The minimum Gasteiger partial charge on any atom is -0.309 e. The van der Waals surface area contributed by atoms with Crippen LogP contribution < -0.4 is 5.32 Å². The Morgan fingerprint density at radius 2 is 2.08 bits per heavy atom. The molecule has 3 rings (SSSR count). The summed E-state index contributed by atoms with van der Waals surface area (Å²) in [5, 5.41) is 3.67. The fraction of sp³-hybridized carbons (Fsp3) is 0.400. The van der Waals surface area contributed by atoms with Gasteiger partial charge in [0.2, 0.25) is 0 Å². The van der Waals surface area contributed by atoms with E-state index in [1.807, 2.05) is 12.1 Å². The SMILES string of the molecule is CSc1cccc(CN[C@H]2CCCN(Cc3ccccc3F)C2)c1. The van der Waals surface area contributed by atoms with E-state index in [9.17, 15) is 4.39 Å². The number of hydrogen-bond donors (Lipinski definition) is 1. The van der Waals surface area contributed by atoms with Crippen molar-refractivity contribution in [1.82, 2.24) is 10.2 Å². The number of halogens is 1. The van der Waals surface area contributed by atoms with Crippen molar-refractivity contribution < 1.29 is 4.39 Å². The normalized spacial score (nSPS) is 18.7. The Hall–Kier alpha value is -1.36. The maximum absolute atomic E-state index is 13.8. The smallest absolute Gasteiger partial charge is 0.127 e. The molecule has 2 nitrogen and oxygen atoms in total. The fourth-order valence-electron chi connectivity index (χ4n) is 3.28. The highest BCUT2D eigenvalue weighted by molar-refractivity contribution is 7.98. The molecule has 1 aliphatic rings. The third kappa shape index (κ3) is 4.82. The van der Waals surface area contributed by atoms with Gasteiger partial charge in [-0.1, -0.05) is 30.3 Å². The van der Waals surface area contributed by atoms with Crippen LogP contribution in [0.5, 0.6) is 0 Å². The van der Waals surface area contributed by atoms with Crippen molar-refractivity contribution in [3.05, 3.63) is 65.5 Å². The van der Waals surface area contributed by atoms with Crippen molar-refractivity contribution >= 4 is 11.8 Å². The Kier molecular flexibility index (Phi) is 6.30. The van der Waals surface area contributed by atoms with E-state index in [-0.39, 0.29) is 5.82 Å². The van der Waals surface area contributed by atoms with Crippen molar-refractivity contribution in [1.29, 1.82) is 0 Å². The van der Waals surface area contributed by atoms with Crippen LogP contribution in [0.15, 0.2) is 53.4 Å². The van der Waals surface area contributed by atoms with Gasteiger partial charge in [-0.2, -0.15) is 0 Å². The molecule has 0 spiro atoms. The molecule has 2 aromatic rings. The van der Waals surface area contributed by atoms with Gasteiger partial charge in [0.15, 0.2) is 0 Å². The highest BCUT2D eigenvalue weighted by Gasteiger charge is 2.20. The molecule has 0 amide bonds. The molecule has 1 aliphatic heterocycles. The highest BCUT2D eigenvalue weighted by atomic mass is 32.2. The van der Waals surface area contributed by atoms with Crippen LogP contribution in [0.3, 0.4) is 0 Å². The first-order valence-corrected chi connectivity index (χ1v) is 9.79. The number of hydrogen-bond acceptors (Lipinski definition) is 3. The molecule has 1 saturated heterocycles. The summed E-state index contributed by atoms with van der Waals surface area (Å²) in [7, 11) is 0. The van der Waals surface area contributed by atoms with Crippen LogP contribution in [0, 0.1) is 5.82 Å². The first-order chi connectivity index (χ1) is 11.7. The Bertz CT molecular complexity index is 662. The Balaban J connectivity index is 1.53. The summed E-state index contributed by atoms with van der Waals surface area (Å²) in [6, 6.07) is 16.3. The van der Waals surface area contributed by atoms with E-state index in [2.05, 4.69) is 40.7 Å². The topological polar surface area (TPSA) is 15.3 Å². The lowest BCUT2D eigenvalue weighted by Crippen LogP contribution is -2.45. The predicted molar refractivity (Wildman–Crippen MR) is 99.8 cm³/mol. The zero-order valence-corrected chi connectivity index (χ0v) is 15.0. The highest BCUT2D eigenvalue weighted by Crippen LogP contribution is 2.18. The van der Waals surface area contributed by atoms with Crippen LogP contribution in [0.4, 0.5) is 4.39 Å². The van der Waals surface area contributed by atoms with Gasteiger partial charge >= 0.3 is 0 Å². The van der Waals surface area contributed by atoms with Gasteiger partial charge in [0.25, 0.3) is 0 Å². The van der Waals surface area contributed by atoms with E-state index in [1.54, 1.807) is 23.9 Å². The molecule has 0 unspecified atom stereocenters. The van der Waals surface area contributed by atoms with Gasteiger partial charge in [-0.05, 0) is 49.4 Å². The van der Waals surface area contributed by atoms with Gasteiger partial charge in [-0.3, -0.25) is 4.90 Å². The van der Waals surface area contributed by atoms with Crippen molar-refractivity contribution in [2.75, 3.05) is 19.3 Å². The second-order valence-electron chi connectivity index (χ2n) is 6.40. The summed E-state index contributed by atoms with van der Waals surface area (Å²) in [5.74, 6) is -0.0959. The number of piperidine rings is 1. The van der Waals surface area contributed by atoms with Gasteiger partial charge < -0.3 is 5.32 Å². The van der Waals surface area contributed by atoms with Crippen LogP contribution in [0.25, 0.3) is 0 Å². The van der Waals surface area contributed by atoms with E-state index in [0.29, 0.717) is 12.6 Å². The van der Waals surface area contributed by atoms with Gasteiger partial charge in [0.05, 0.1) is 0 Å². The van der Waals surface area contributed by atoms with E-state index >= 15 is 0 Å². The van der Waals surface area contributed by atoms with E-state index in [4.69, 9.17) is 0 Å². The van der Waals surface area contributed by atoms with Crippen LogP contribution in [0.2, 0.25) is 0 Å². The zero-order valence-electron chi connectivity index (χ0n) is 14.2. The molecule has 128 valence electrons. The summed E-state index contributed by atoms with van der Waals surface area (Å²) in [6.45, 7) is 3.63. The summed E-state index contributed by atoms with van der Waals surface area (Å²) in [5.41, 5.74) is 2.12. The Morgan fingerprint density at radius 1 is 1.21 bits per heavy atom. The standard InChI is InChI=1S/C20H25FN2S/c1-24-19-9-4-6-16(12-19)13-22-18-8-5-11-23(15-18)14-17-7-2-3-10-20(17)21/h2-4,6-7,9-10,12,18,22H,5,8,11,13-15H2,1H3/t18-/m0/s1. The molecule has 4 heteroatoms. The van der Waals surface area contributed by atoms with E-state index < -0.39 is 0 Å². The second-order valence-corrected chi connectivity index (χ2v) is 7.28. The van der Waals surface area contributed by atoms with Crippen molar-refractivity contribution in [3.63, 3.8) is 0 Å². The predicted octanol–water partition coefficient (Wildman–Crippen LogP) is 4.30. The van der Waals surface area contributed by atoms with Crippen LogP contribution in [0.1, 0.15) is 24.0 Å².